The molecule has 1 aromatic heterocycles. The molecule has 2 heterocycles. The monoisotopic (exact) mass is 472 g/mol. The molecule has 2 aromatic carbocycles. The van der Waals surface area contributed by atoms with Crippen LogP contribution in [0.25, 0.3) is 0 Å². The van der Waals surface area contributed by atoms with Crippen molar-refractivity contribution in [2.24, 2.45) is 0 Å². The van der Waals surface area contributed by atoms with Crippen LogP contribution in [0.4, 0.5) is 10.1 Å². The highest BCUT2D eigenvalue weighted by molar-refractivity contribution is 7.10. The number of ketones is 1. The summed E-state index contributed by atoms with van der Waals surface area (Å²) in [7, 11) is 0. The predicted molar refractivity (Wildman–Crippen MR) is 133 cm³/mol. The number of thiophene rings is 1. The van der Waals surface area contributed by atoms with Crippen molar-refractivity contribution in [1.82, 2.24) is 5.32 Å². The van der Waals surface area contributed by atoms with Crippen molar-refractivity contribution in [3.63, 3.8) is 0 Å². The Hall–Kier alpha value is -3.51. The molecule has 2 atom stereocenters. The molecule has 3 aromatic rings. The first-order chi connectivity index (χ1) is 16.4. The molecular weight excluding hydrogens is 447 g/mol. The van der Waals surface area contributed by atoms with Crippen molar-refractivity contribution in [1.29, 1.82) is 0 Å². The molecule has 2 unspecified atom stereocenters. The zero-order valence-corrected chi connectivity index (χ0v) is 19.8. The third-order valence-electron chi connectivity index (χ3n) is 6.60. The Morgan fingerprint density at radius 2 is 1.88 bits per heavy atom. The smallest absolute Gasteiger partial charge is 0.254 e. The summed E-state index contributed by atoms with van der Waals surface area (Å²) in [5, 5.41) is 8.27. The fourth-order valence-electron chi connectivity index (χ4n) is 5.05. The van der Waals surface area contributed by atoms with Gasteiger partial charge in [0.1, 0.15) is 5.82 Å². The molecule has 0 radical (unpaired) electrons. The molecule has 0 spiro atoms. The van der Waals surface area contributed by atoms with E-state index in [2.05, 4.69) is 16.7 Å². The van der Waals surface area contributed by atoms with Gasteiger partial charge in [-0.3, -0.25) is 9.59 Å². The zero-order chi connectivity index (χ0) is 23.8. The largest absolute Gasteiger partial charge is 0.362 e. The van der Waals surface area contributed by atoms with Gasteiger partial charge < -0.3 is 10.6 Å². The van der Waals surface area contributed by atoms with Gasteiger partial charge in [0.2, 0.25) is 0 Å². The second kappa shape index (κ2) is 9.03. The number of allylic oxidation sites excluding steroid dienone is 3. The summed E-state index contributed by atoms with van der Waals surface area (Å²) in [6.07, 6.45) is 1.14. The van der Waals surface area contributed by atoms with Gasteiger partial charge in [0.15, 0.2) is 5.78 Å². The van der Waals surface area contributed by atoms with Crippen LogP contribution in [0.3, 0.4) is 0 Å². The van der Waals surface area contributed by atoms with Crippen LogP contribution in [0, 0.1) is 12.7 Å². The van der Waals surface area contributed by atoms with Crippen molar-refractivity contribution >= 4 is 28.7 Å². The first-order valence-corrected chi connectivity index (χ1v) is 12.2. The van der Waals surface area contributed by atoms with E-state index in [9.17, 15) is 14.0 Å². The lowest BCUT2D eigenvalue weighted by Crippen LogP contribution is -2.37. The molecule has 0 bridgehead atoms. The van der Waals surface area contributed by atoms with Crippen LogP contribution < -0.4 is 10.6 Å². The number of anilines is 1. The Labute approximate surface area is 202 Å². The van der Waals surface area contributed by atoms with E-state index in [4.69, 9.17) is 0 Å². The number of Topliss-reactive ketones (excluding diaryl/α,β-unsaturated/α-hetero) is 1. The third-order valence-corrected chi connectivity index (χ3v) is 7.63. The minimum absolute atomic E-state index is 0.0592. The van der Waals surface area contributed by atoms with Crippen LogP contribution in [0.2, 0.25) is 0 Å². The molecule has 1 aliphatic heterocycles. The fraction of sp³-hybridized carbons (Fsp3) is 0.214. The molecule has 0 saturated carbocycles. The molecule has 2 N–H and O–H groups in total. The molecule has 34 heavy (non-hydrogen) atoms. The minimum atomic E-state index is -0.484. The Balaban J connectivity index is 1.58. The number of carbonyl (C=O) groups excluding carboxylic acids is 2. The van der Waals surface area contributed by atoms with Crippen LogP contribution in [0.15, 0.2) is 88.6 Å². The predicted octanol–water partition coefficient (Wildman–Crippen LogP) is 6.20. The van der Waals surface area contributed by atoms with Crippen LogP contribution >= 0.6 is 11.3 Å². The maximum Gasteiger partial charge on any atom is 0.254 e. The van der Waals surface area contributed by atoms with Crippen LogP contribution in [0.5, 0.6) is 0 Å². The second-order valence-corrected chi connectivity index (χ2v) is 9.83. The number of carbonyl (C=O) groups is 2. The van der Waals surface area contributed by atoms with Crippen molar-refractivity contribution in [3.8, 4) is 0 Å². The van der Waals surface area contributed by atoms with Crippen LogP contribution in [-0.2, 0) is 9.59 Å². The number of hydrogen-bond acceptors (Lipinski definition) is 4. The van der Waals surface area contributed by atoms with Gasteiger partial charge >= 0.3 is 0 Å². The van der Waals surface area contributed by atoms with E-state index in [1.165, 1.54) is 17.0 Å². The molecule has 1 aliphatic carbocycles. The summed E-state index contributed by atoms with van der Waals surface area (Å²) >= 11 is 1.67. The van der Waals surface area contributed by atoms with Gasteiger partial charge in [0, 0.05) is 51.4 Å². The highest BCUT2D eigenvalue weighted by atomic mass is 32.1. The number of amides is 1. The first kappa shape index (κ1) is 22.3. The Kier molecular flexibility index (Phi) is 5.92. The lowest BCUT2D eigenvalue weighted by Gasteiger charge is -2.37. The quantitative estimate of drug-likeness (QED) is 0.476. The summed E-state index contributed by atoms with van der Waals surface area (Å²) in [4.78, 5) is 28.4. The van der Waals surface area contributed by atoms with Crippen molar-refractivity contribution in [3.05, 3.63) is 110 Å². The zero-order valence-electron chi connectivity index (χ0n) is 19.0. The molecular formula is C28H25FN2O2S. The van der Waals surface area contributed by atoms with E-state index < -0.39 is 11.7 Å². The van der Waals surface area contributed by atoms with Gasteiger partial charge in [-0.2, -0.15) is 0 Å². The standard InChI is InChI=1S/C28H25FN2O2S/c1-16-7-3-4-10-21(16)26-25(28(33)31-20-9-5-8-19(29)15-20)17(2)30-22-13-18(14-23(32)27(22)26)24-11-6-12-34-24/h3-12,15,18,26,30H,13-14H2,1-2H3,(H,31,33). The number of hydrogen-bond donors (Lipinski definition) is 2. The van der Waals surface area contributed by atoms with Crippen molar-refractivity contribution in [2.75, 3.05) is 5.32 Å². The van der Waals surface area contributed by atoms with Gasteiger partial charge in [0.25, 0.3) is 5.91 Å². The van der Waals surface area contributed by atoms with E-state index in [0.717, 1.165) is 23.2 Å². The first-order valence-electron chi connectivity index (χ1n) is 11.3. The van der Waals surface area contributed by atoms with E-state index in [1.54, 1.807) is 23.5 Å². The fourth-order valence-corrected chi connectivity index (χ4v) is 5.88. The SMILES string of the molecule is CC1=C(C(=O)Nc2cccc(F)c2)C(c2ccccc2C)C2=C(CC(c3cccs3)CC2=O)N1. The van der Waals surface area contributed by atoms with Crippen molar-refractivity contribution < 1.29 is 14.0 Å². The average molecular weight is 473 g/mol. The van der Waals surface area contributed by atoms with Gasteiger partial charge in [-0.15, -0.1) is 11.3 Å². The van der Waals surface area contributed by atoms with Crippen LogP contribution in [-0.4, -0.2) is 11.7 Å². The highest BCUT2D eigenvalue weighted by Gasteiger charge is 2.41. The Morgan fingerprint density at radius 1 is 1.06 bits per heavy atom. The maximum atomic E-state index is 13.7. The second-order valence-electron chi connectivity index (χ2n) is 8.85. The summed E-state index contributed by atoms with van der Waals surface area (Å²) in [5.74, 6) is -1.06. The average Bonchev–Trinajstić information content (AvgIpc) is 3.33. The minimum Gasteiger partial charge on any atom is -0.362 e. The summed E-state index contributed by atoms with van der Waals surface area (Å²) in [6, 6.07) is 17.8. The van der Waals surface area contributed by atoms with Gasteiger partial charge in [0.05, 0.1) is 0 Å². The van der Waals surface area contributed by atoms with Crippen molar-refractivity contribution in [2.45, 2.75) is 38.5 Å². The number of aryl methyl sites for hydroxylation is 1. The number of benzene rings is 2. The van der Waals surface area contributed by atoms with Gasteiger partial charge in [-0.25, -0.2) is 4.39 Å². The van der Waals surface area contributed by atoms with E-state index in [1.807, 2.05) is 49.6 Å². The number of rotatable bonds is 4. The van der Waals surface area contributed by atoms with Gasteiger partial charge in [-0.05, 0) is 61.0 Å². The molecule has 2 aliphatic rings. The van der Waals surface area contributed by atoms with Crippen LogP contribution in [0.1, 0.15) is 47.6 Å². The van der Waals surface area contributed by atoms with E-state index >= 15 is 0 Å². The lowest BCUT2D eigenvalue weighted by atomic mass is 9.71. The van der Waals surface area contributed by atoms with E-state index in [0.29, 0.717) is 29.0 Å². The molecule has 1 amide bonds. The summed E-state index contributed by atoms with van der Waals surface area (Å²) < 4.78 is 13.7. The number of nitrogens with one attached hydrogen (secondary N) is 2. The maximum absolute atomic E-state index is 13.7. The third kappa shape index (κ3) is 4.10. The summed E-state index contributed by atoms with van der Waals surface area (Å²) in [6.45, 7) is 3.87. The molecule has 0 fully saturated rings. The van der Waals surface area contributed by atoms with E-state index in [-0.39, 0.29) is 17.6 Å². The molecule has 172 valence electrons. The molecule has 0 saturated heterocycles. The Bertz CT molecular complexity index is 1340. The number of halogens is 1. The molecule has 4 nitrogen and oxygen atoms in total. The topological polar surface area (TPSA) is 58.2 Å². The number of dihydropyridines is 1. The van der Waals surface area contributed by atoms with Gasteiger partial charge in [-0.1, -0.05) is 36.4 Å². The normalized spacial score (nSPS) is 20.1. The Morgan fingerprint density at radius 3 is 2.62 bits per heavy atom. The highest BCUT2D eigenvalue weighted by Crippen LogP contribution is 2.46. The lowest BCUT2D eigenvalue weighted by molar-refractivity contribution is -0.116. The molecule has 5 rings (SSSR count). The summed E-state index contributed by atoms with van der Waals surface area (Å²) in [5.41, 5.74) is 5.07. The molecule has 6 heteroatoms.